The van der Waals surface area contributed by atoms with Crippen LogP contribution in [0.4, 0.5) is 0 Å². The monoisotopic (exact) mass is 421 g/mol. The molecule has 8 heteroatoms. The second-order valence-electron chi connectivity index (χ2n) is 9.48. The molecule has 2 aliphatic carbocycles. The van der Waals surface area contributed by atoms with E-state index in [4.69, 9.17) is 4.74 Å². The van der Waals surface area contributed by atoms with E-state index < -0.39 is 15.9 Å². The van der Waals surface area contributed by atoms with E-state index in [1.807, 2.05) is 20.8 Å². The molecule has 0 bridgehead atoms. The first-order chi connectivity index (χ1) is 13.3. The summed E-state index contributed by atoms with van der Waals surface area (Å²) in [4.78, 5) is 21.7. The predicted octanol–water partition coefficient (Wildman–Crippen LogP) is 2.87. The van der Waals surface area contributed by atoms with E-state index >= 15 is 0 Å². The Kier molecular flexibility index (Phi) is 5.77. The molecule has 0 radical (unpaired) electrons. The third-order valence-corrected chi connectivity index (χ3v) is 6.40. The van der Waals surface area contributed by atoms with E-state index in [0.717, 1.165) is 42.3 Å². The number of hydrogen-bond acceptors (Lipinski definition) is 6. The molecule has 2 aliphatic rings. The van der Waals surface area contributed by atoms with Crippen molar-refractivity contribution in [2.45, 2.75) is 65.0 Å². The van der Waals surface area contributed by atoms with Crippen LogP contribution in [0.25, 0.3) is 0 Å². The molecular weight excluding hydrogens is 390 g/mol. The number of sulfone groups is 1. The number of ether oxygens (including phenoxy) is 1. The normalized spacial score (nSPS) is 27.5. The van der Waals surface area contributed by atoms with Crippen molar-refractivity contribution in [3.8, 4) is 5.88 Å². The smallest absolute Gasteiger partial charge is 0.258 e. The largest absolute Gasteiger partial charge is 0.474 e. The summed E-state index contributed by atoms with van der Waals surface area (Å²) in [6.07, 6.45) is 6.10. The molecule has 7 nitrogen and oxygen atoms in total. The van der Waals surface area contributed by atoms with Gasteiger partial charge < -0.3 is 10.1 Å². The number of hydrogen-bond donors (Lipinski definition) is 1. The van der Waals surface area contributed by atoms with Crippen LogP contribution >= 0.6 is 0 Å². The number of nitrogens with one attached hydrogen (secondary N) is 1. The third-order valence-electron chi connectivity index (χ3n) is 5.75. The molecular formula is C21H31N3O4S. The molecule has 0 saturated heterocycles. The molecule has 29 heavy (non-hydrogen) atoms. The van der Waals surface area contributed by atoms with Crippen LogP contribution in [0.5, 0.6) is 5.88 Å². The molecule has 0 spiro atoms. The fourth-order valence-electron chi connectivity index (χ4n) is 3.94. The number of fused-ring (bicyclic) bond motifs is 1. The van der Waals surface area contributed by atoms with Crippen LogP contribution in [0, 0.1) is 17.8 Å². The first kappa shape index (κ1) is 21.7. The van der Waals surface area contributed by atoms with E-state index in [2.05, 4.69) is 22.2 Å². The number of nitrogens with zero attached hydrogens (tertiary/aromatic N) is 2. The Balaban J connectivity index is 1.79. The van der Waals surface area contributed by atoms with Crippen LogP contribution in [0.15, 0.2) is 17.7 Å². The Bertz CT molecular complexity index is 908. The second-order valence-corrected chi connectivity index (χ2v) is 11.4. The van der Waals surface area contributed by atoms with E-state index in [9.17, 15) is 13.2 Å². The van der Waals surface area contributed by atoms with Gasteiger partial charge in [-0.15, -0.1) is 0 Å². The lowest BCUT2D eigenvalue weighted by Gasteiger charge is -2.21. The predicted molar refractivity (Wildman–Crippen MR) is 111 cm³/mol. The summed E-state index contributed by atoms with van der Waals surface area (Å²) in [5.74, 6) is 2.76. The number of rotatable bonds is 6. The lowest BCUT2D eigenvalue weighted by Crippen LogP contribution is -2.32. The van der Waals surface area contributed by atoms with Gasteiger partial charge in [-0.25, -0.2) is 13.4 Å². The van der Waals surface area contributed by atoms with E-state index in [1.165, 1.54) is 12.3 Å². The summed E-state index contributed by atoms with van der Waals surface area (Å²) in [6.45, 7) is 10.0. The quantitative estimate of drug-likeness (QED) is 0.758. The maximum Gasteiger partial charge on any atom is 0.258 e. The topological polar surface area (TPSA) is 98.2 Å². The summed E-state index contributed by atoms with van der Waals surface area (Å²) < 4.78 is 28.8. The SMILES string of the molecule is CC1C2CC(Oc3nc(C(C)(C)C)ncc3C(=O)N[C@@H](C)/C=C/S(C)(=O)=O)CC12. The Labute approximate surface area is 173 Å². The number of aromatic nitrogens is 2. The molecule has 160 valence electrons. The van der Waals surface area contributed by atoms with Crippen molar-refractivity contribution in [3.05, 3.63) is 29.1 Å². The molecule has 1 aromatic heterocycles. The van der Waals surface area contributed by atoms with Gasteiger partial charge in [-0.1, -0.05) is 33.8 Å². The third kappa shape index (κ3) is 5.35. The van der Waals surface area contributed by atoms with Crippen molar-refractivity contribution < 1.29 is 17.9 Å². The molecule has 1 heterocycles. The van der Waals surface area contributed by atoms with Crippen molar-refractivity contribution >= 4 is 15.7 Å². The summed E-state index contributed by atoms with van der Waals surface area (Å²) in [5.41, 5.74) is -0.00320. The lowest BCUT2D eigenvalue weighted by molar-refractivity contribution is 0.0935. The maximum absolute atomic E-state index is 12.8. The van der Waals surface area contributed by atoms with Crippen LogP contribution in [-0.2, 0) is 15.3 Å². The van der Waals surface area contributed by atoms with Crippen LogP contribution in [-0.4, -0.2) is 42.7 Å². The van der Waals surface area contributed by atoms with Crippen LogP contribution in [0.3, 0.4) is 0 Å². The Morgan fingerprint density at radius 1 is 1.31 bits per heavy atom. The molecule has 3 atom stereocenters. The van der Waals surface area contributed by atoms with E-state index in [0.29, 0.717) is 11.7 Å². The second kappa shape index (κ2) is 7.70. The first-order valence-electron chi connectivity index (χ1n) is 10.1. The van der Waals surface area contributed by atoms with Crippen LogP contribution < -0.4 is 10.1 Å². The lowest BCUT2D eigenvalue weighted by atomic mass is 9.95. The highest BCUT2D eigenvalue weighted by Gasteiger charge is 2.54. The van der Waals surface area contributed by atoms with Crippen LogP contribution in [0.1, 0.15) is 63.6 Å². The zero-order valence-corrected chi connectivity index (χ0v) is 18.8. The highest BCUT2D eigenvalue weighted by atomic mass is 32.2. The minimum absolute atomic E-state index is 0.0676. The summed E-state index contributed by atoms with van der Waals surface area (Å²) in [7, 11) is -3.25. The zero-order chi connectivity index (χ0) is 21.6. The summed E-state index contributed by atoms with van der Waals surface area (Å²) in [5, 5.41) is 3.85. The van der Waals surface area contributed by atoms with Gasteiger partial charge in [-0.05, 0) is 37.5 Å². The standard InChI is InChI=1S/C21H31N3O4S/c1-12(7-8-29(6,26)27)23-18(25)17-11-22-20(21(3,4)5)24-19(17)28-14-9-15-13(2)16(15)10-14/h7-8,11-16H,9-10H2,1-6H3,(H,23,25)/b8-7+/t12-,13?,14?,15?,16?/m0/s1. The van der Waals surface area contributed by atoms with Crippen molar-refractivity contribution in [2.75, 3.05) is 6.26 Å². The molecule has 1 aromatic rings. The van der Waals surface area contributed by atoms with Gasteiger partial charge in [-0.3, -0.25) is 4.79 Å². The van der Waals surface area contributed by atoms with E-state index in [1.54, 1.807) is 6.92 Å². The highest BCUT2D eigenvalue weighted by Crippen LogP contribution is 2.57. The number of carbonyl (C=O) groups is 1. The van der Waals surface area contributed by atoms with Gasteiger partial charge in [-0.2, -0.15) is 4.98 Å². The summed E-state index contributed by atoms with van der Waals surface area (Å²) in [6, 6.07) is -0.465. The van der Waals surface area contributed by atoms with Gasteiger partial charge in [0.2, 0.25) is 5.88 Å². The fraction of sp³-hybridized carbons (Fsp3) is 0.667. The molecule has 2 fully saturated rings. The molecule has 1 N–H and O–H groups in total. The average molecular weight is 422 g/mol. The van der Waals surface area contributed by atoms with Crippen LogP contribution in [0.2, 0.25) is 0 Å². The molecule has 0 aromatic carbocycles. The Morgan fingerprint density at radius 3 is 2.48 bits per heavy atom. The molecule has 3 rings (SSSR count). The number of amides is 1. The Hall–Kier alpha value is -1.96. The van der Waals surface area contributed by atoms with Crippen molar-refractivity contribution in [1.82, 2.24) is 15.3 Å². The minimum Gasteiger partial charge on any atom is -0.474 e. The average Bonchev–Trinajstić information content (AvgIpc) is 3.01. The highest BCUT2D eigenvalue weighted by molar-refractivity contribution is 7.93. The first-order valence-corrected chi connectivity index (χ1v) is 12.0. The maximum atomic E-state index is 12.8. The van der Waals surface area contributed by atoms with Crippen molar-refractivity contribution in [3.63, 3.8) is 0 Å². The van der Waals surface area contributed by atoms with Gasteiger partial charge >= 0.3 is 0 Å². The molecule has 0 aliphatic heterocycles. The zero-order valence-electron chi connectivity index (χ0n) is 18.0. The van der Waals surface area contributed by atoms with Gasteiger partial charge in [0, 0.05) is 29.3 Å². The van der Waals surface area contributed by atoms with E-state index in [-0.39, 0.29) is 23.0 Å². The van der Waals surface area contributed by atoms with Crippen molar-refractivity contribution in [2.24, 2.45) is 17.8 Å². The fourth-order valence-corrected chi connectivity index (χ4v) is 4.46. The van der Waals surface area contributed by atoms with Gasteiger partial charge in [0.25, 0.3) is 5.91 Å². The molecule has 1 amide bonds. The van der Waals surface area contributed by atoms with Gasteiger partial charge in [0.05, 0.1) is 0 Å². The van der Waals surface area contributed by atoms with Gasteiger partial charge in [0.1, 0.15) is 17.5 Å². The number of carbonyl (C=O) groups excluding carboxylic acids is 1. The van der Waals surface area contributed by atoms with Gasteiger partial charge in [0.15, 0.2) is 9.84 Å². The van der Waals surface area contributed by atoms with Crippen molar-refractivity contribution in [1.29, 1.82) is 0 Å². The minimum atomic E-state index is -3.25. The summed E-state index contributed by atoms with van der Waals surface area (Å²) >= 11 is 0. The molecule has 2 saturated carbocycles. The molecule has 2 unspecified atom stereocenters. The Morgan fingerprint density at radius 2 is 1.93 bits per heavy atom.